The molecule has 8 heteroatoms. The van der Waals surface area contributed by atoms with Gasteiger partial charge in [-0.1, -0.05) is 0 Å². The zero-order chi connectivity index (χ0) is 15.4. The molecule has 0 aliphatic rings. The highest BCUT2D eigenvalue weighted by Crippen LogP contribution is 2.18. The maximum absolute atomic E-state index is 12.2. The molecule has 0 bridgehead atoms. The number of nitrogens with zero attached hydrogens (tertiary/aromatic N) is 3. The van der Waals surface area contributed by atoms with E-state index in [2.05, 4.69) is 15.4 Å². The van der Waals surface area contributed by atoms with Gasteiger partial charge < -0.3 is 15.2 Å². The Morgan fingerprint density at radius 1 is 1.43 bits per heavy atom. The summed E-state index contributed by atoms with van der Waals surface area (Å²) in [7, 11) is 3.07. The molecule has 0 fully saturated rings. The minimum absolute atomic E-state index is 0.211. The molecule has 2 N–H and O–H groups in total. The van der Waals surface area contributed by atoms with E-state index in [1.807, 2.05) is 0 Å². The van der Waals surface area contributed by atoms with E-state index < -0.39 is 17.9 Å². The predicted molar refractivity (Wildman–Crippen MR) is 71.8 cm³/mol. The van der Waals surface area contributed by atoms with Crippen molar-refractivity contribution in [2.24, 2.45) is 7.05 Å². The van der Waals surface area contributed by atoms with Crippen LogP contribution in [0.1, 0.15) is 22.0 Å². The Labute approximate surface area is 120 Å². The minimum Gasteiger partial charge on any atom is -0.494 e. The smallest absolute Gasteiger partial charge is 0.331 e. The number of aromatic nitrogens is 3. The summed E-state index contributed by atoms with van der Waals surface area (Å²) in [5.74, 6) is -1.47. The molecular formula is C13H14N4O4. The van der Waals surface area contributed by atoms with Crippen LogP contribution in [0.25, 0.3) is 0 Å². The number of methoxy groups -OCH3 is 1. The Balaban J connectivity index is 2.25. The van der Waals surface area contributed by atoms with Gasteiger partial charge >= 0.3 is 5.97 Å². The maximum atomic E-state index is 12.2. The minimum atomic E-state index is -1.19. The lowest BCUT2D eigenvalue weighted by Crippen LogP contribution is -2.33. The Morgan fingerprint density at radius 3 is 2.76 bits per heavy atom. The molecular weight excluding hydrogens is 276 g/mol. The number of hydrogen-bond acceptors (Lipinski definition) is 5. The number of aliphatic carboxylic acids is 1. The third-order valence-corrected chi connectivity index (χ3v) is 2.83. The summed E-state index contributed by atoms with van der Waals surface area (Å²) in [6, 6.07) is 0.264. The van der Waals surface area contributed by atoms with Crippen LogP contribution in [0.5, 0.6) is 5.75 Å². The van der Waals surface area contributed by atoms with Crippen LogP contribution in [0.15, 0.2) is 30.9 Å². The van der Waals surface area contributed by atoms with E-state index in [1.54, 1.807) is 7.05 Å². The van der Waals surface area contributed by atoms with Crippen molar-refractivity contribution in [2.45, 2.75) is 6.04 Å². The monoisotopic (exact) mass is 290 g/mol. The summed E-state index contributed by atoms with van der Waals surface area (Å²) in [6.45, 7) is 0. The van der Waals surface area contributed by atoms with Gasteiger partial charge in [0, 0.05) is 25.0 Å². The summed E-state index contributed by atoms with van der Waals surface area (Å²) >= 11 is 0. The van der Waals surface area contributed by atoms with Gasteiger partial charge in [0.15, 0.2) is 6.04 Å². The van der Waals surface area contributed by atoms with Gasteiger partial charge in [-0.25, -0.2) is 4.79 Å². The molecule has 1 amide bonds. The van der Waals surface area contributed by atoms with Gasteiger partial charge in [0.25, 0.3) is 5.91 Å². The van der Waals surface area contributed by atoms with Gasteiger partial charge in [-0.2, -0.15) is 5.10 Å². The number of ether oxygens (including phenoxy) is 1. The molecule has 1 atom stereocenters. The second-order valence-electron chi connectivity index (χ2n) is 4.27. The number of pyridine rings is 1. The fourth-order valence-corrected chi connectivity index (χ4v) is 1.82. The van der Waals surface area contributed by atoms with Gasteiger partial charge in [-0.05, 0) is 6.07 Å². The molecule has 0 aromatic carbocycles. The van der Waals surface area contributed by atoms with Crippen LogP contribution in [0.3, 0.4) is 0 Å². The van der Waals surface area contributed by atoms with Crippen molar-refractivity contribution in [2.75, 3.05) is 7.11 Å². The summed E-state index contributed by atoms with van der Waals surface area (Å²) in [5, 5.41) is 15.6. The van der Waals surface area contributed by atoms with Crippen molar-refractivity contribution >= 4 is 11.9 Å². The van der Waals surface area contributed by atoms with E-state index >= 15 is 0 Å². The van der Waals surface area contributed by atoms with E-state index in [-0.39, 0.29) is 11.3 Å². The van der Waals surface area contributed by atoms with Crippen LogP contribution in [-0.2, 0) is 11.8 Å². The average Bonchev–Trinajstić information content (AvgIpc) is 2.90. The predicted octanol–water partition coefficient (Wildman–Crippen LogP) is 0.379. The number of carboxylic acids is 1. The van der Waals surface area contributed by atoms with E-state index in [9.17, 15) is 14.7 Å². The molecule has 2 rings (SSSR count). The number of carbonyl (C=O) groups is 2. The van der Waals surface area contributed by atoms with Gasteiger partial charge in [-0.15, -0.1) is 0 Å². The van der Waals surface area contributed by atoms with Crippen molar-refractivity contribution in [1.82, 2.24) is 20.1 Å². The average molecular weight is 290 g/mol. The fraction of sp³-hybridized carbons (Fsp3) is 0.231. The Bertz CT molecular complexity index is 668. The molecule has 0 aliphatic heterocycles. The number of aryl methyl sites for hydroxylation is 1. The third-order valence-electron chi connectivity index (χ3n) is 2.83. The molecule has 0 saturated carbocycles. The third kappa shape index (κ3) is 3.16. The van der Waals surface area contributed by atoms with Crippen LogP contribution in [0.2, 0.25) is 0 Å². The largest absolute Gasteiger partial charge is 0.494 e. The molecule has 1 unspecified atom stereocenters. The number of carbonyl (C=O) groups excluding carboxylic acids is 1. The van der Waals surface area contributed by atoms with Crippen LogP contribution in [0, 0.1) is 0 Å². The highest BCUT2D eigenvalue weighted by Gasteiger charge is 2.25. The normalized spacial score (nSPS) is 11.7. The van der Waals surface area contributed by atoms with Crippen LogP contribution >= 0.6 is 0 Å². The first kappa shape index (κ1) is 14.5. The SMILES string of the molecule is COc1cnccc1C(=O)NC(C(=O)O)c1cnn(C)c1. The lowest BCUT2D eigenvalue weighted by Gasteiger charge is -2.14. The van der Waals surface area contributed by atoms with Crippen molar-refractivity contribution in [3.05, 3.63) is 42.0 Å². The second-order valence-corrected chi connectivity index (χ2v) is 4.27. The zero-order valence-electron chi connectivity index (χ0n) is 11.5. The number of nitrogens with one attached hydrogen (secondary N) is 1. The van der Waals surface area contributed by atoms with Crippen molar-refractivity contribution in [1.29, 1.82) is 0 Å². The molecule has 0 aliphatic carbocycles. The summed E-state index contributed by atoms with van der Waals surface area (Å²) in [5.41, 5.74) is 0.592. The lowest BCUT2D eigenvalue weighted by atomic mass is 10.1. The molecule has 0 spiro atoms. The van der Waals surface area contributed by atoms with Gasteiger partial charge in [-0.3, -0.25) is 14.5 Å². The van der Waals surface area contributed by atoms with Crippen molar-refractivity contribution in [3.8, 4) is 5.75 Å². The highest BCUT2D eigenvalue weighted by molar-refractivity contribution is 5.98. The maximum Gasteiger partial charge on any atom is 0.331 e. The molecule has 21 heavy (non-hydrogen) atoms. The van der Waals surface area contributed by atoms with Crippen LogP contribution < -0.4 is 10.1 Å². The first-order chi connectivity index (χ1) is 10.0. The van der Waals surface area contributed by atoms with E-state index in [4.69, 9.17) is 4.74 Å². The summed E-state index contributed by atoms with van der Waals surface area (Å²) in [6.07, 6.45) is 5.73. The molecule has 2 heterocycles. The van der Waals surface area contributed by atoms with E-state index in [1.165, 1.54) is 42.6 Å². The van der Waals surface area contributed by atoms with Crippen LogP contribution in [-0.4, -0.2) is 38.9 Å². The quantitative estimate of drug-likeness (QED) is 0.824. The Hall–Kier alpha value is -2.90. The zero-order valence-corrected chi connectivity index (χ0v) is 11.5. The number of carboxylic acid groups (broad SMARTS) is 1. The summed E-state index contributed by atoms with van der Waals surface area (Å²) < 4.78 is 6.49. The van der Waals surface area contributed by atoms with Gasteiger partial charge in [0.1, 0.15) is 5.75 Å². The molecule has 8 nitrogen and oxygen atoms in total. The topological polar surface area (TPSA) is 106 Å². The molecule has 2 aromatic rings. The van der Waals surface area contributed by atoms with Crippen molar-refractivity contribution < 1.29 is 19.4 Å². The number of hydrogen-bond donors (Lipinski definition) is 2. The Kier molecular flexibility index (Phi) is 4.17. The van der Waals surface area contributed by atoms with Gasteiger partial charge in [0.2, 0.25) is 0 Å². The van der Waals surface area contributed by atoms with Crippen LogP contribution in [0.4, 0.5) is 0 Å². The first-order valence-electron chi connectivity index (χ1n) is 6.03. The number of rotatable bonds is 5. The first-order valence-corrected chi connectivity index (χ1v) is 6.03. The Morgan fingerprint density at radius 2 is 2.19 bits per heavy atom. The van der Waals surface area contributed by atoms with E-state index in [0.29, 0.717) is 5.56 Å². The fourth-order valence-electron chi connectivity index (χ4n) is 1.82. The lowest BCUT2D eigenvalue weighted by molar-refractivity contribution is -0.139. The highest BCUT2D eigenvalue weighted by atomic mass is 16.5. The van der Waals surface area contributed by atoms with Gasteiger partial charge in [0.05, 0.1) is 25.1 Å². The van der Waals surface area contributed by atoms with E-state index in [0.717, 1.165) is 0 Å². The second kappa shape index (κ2) is 6.04. The molecule has 0 radical (unpaired) electrons. The summed E-state index contributed by atoms with van der Waals surface area (Å²) in [4.78, 5) is 27.4. The molecule has 110 valence electrons. The number of amides is 1. The molecule has 2 aromatic heterocycles. The standard InChI is InChI=1S/C13H14N4O4/c1-17-7-8(5-15-17)11(13(19)20)16-12(18)9-3-4-14-6-10(9)21-2/h3-7,11H,1-2H3,(H,16,18)(H,19,20). The molecule has 0 saturated heterocycles. The van der Waals surface area contributed by atoms with Crippen molar-refractivity contribution in [3.63, 3.8) is 0 Å².